The van der Waals surface area contributed by atoms with E-state index < -0.39 is 0 Å². The van der Waals surface area contributed by atoms with E-state index in [1.165, 1.54) is 20.0 Å². The van der Waals surface area contributed by atoms with Gasteiger partial charge in [0.15, 0.2) is 11.6 Å². The van der Waals surface area contributed by atoms with Crippen LogP contribution in [-0.2, 0) is 0 Å². The van der Waals surface area contributed by atoms with Gasteiger partial charge in [0.05, 0.1) is 13.2 Å². The van der Waals surface area contributed by atoms with Crippen LogP contribution in [0.4, 0.5) is 4.39 Å². The van der Waals surface area contributed by atoms with Crippen LogP contribution in [0.25, 0.3) is 0 Å². The number of nitrogens with one attached hydrogen (secondary N) is 1. The van der Waals surface area contributed by atoms with Crippen LogP contribution in [-0.4, -0.2) is 38.7 Å². The SMILES string of the molecule is CNC(c1cccc(OC)c1F)C1(N(C)C)CCCC1. The van der Waals surface area contributed by atoms with E-state index >= 15 is 0 Å². The van der Waals surface area contributed by atoms with Gasteiger partial charge in [-0.1, -0.05) is 25.0 Å². The van der Waals surface area contributed by atoms with Gasteiger partial charge in [0.25, 0.3) is 0 Å². The van der Waals surface area contributed by atoms with Crippen LogP contribution >= 0.6 is 0 Å². The van der Waals surface area contributed by atoms with Gasteiger partial charge in [-0.3, -0.25) is 0 Å². The first-order valence-corrected chi connectivity index (χ1v) is 7.24. The van der Waals surface area contributed by atoms with Gasteiger partial charge in [-0.25, -0.2) is 4.39 Å². The Kier molecular flexibility index (Phi) is 4.66. The standard InChI is InChI=1S/C16H25FN2O/c1-18-15(16(19(2)3)10-5-6-11-16)12-8-7-9-13(20-4)14(12)17/h7-9,15,18H,5-6,10-11H2,1-4H3. The lowest BCUT2D eigenvalue weighted by atomic mass is 9.82. The monoisotopic (exact) mass is 280 g/mol. The summed E-state index contributed by atoms with van der Waals surface area (Å²) < 4.78 is 19.7. The fraction of sp³-hybridized carbons (Fsp3) is 0.625. The van der Waals surface area contributed by atoms with Gasteiger partial charge < -0.3 is 15.0 Å². The maximum atomic E-state index is 14.6. The summed E-state index contributed by atoms with van der Waals surface area (Å²) in [7, 11) is 7.60. The van der Waals surface area contributed by atoms with Crippen molar-refractivity contribution in [3.8, 4) is 5.75 Å². The van der Waals surface area contributed by atoms with Crippen LogP contribution < -0.4 is 10.1 Å². The maximum Gasteiger partial charge on any atom is 0.169 e. The van der Waals surface area contributed by atoms with Crippen LogP contribution in [0.2, 0.25) is 0 Å². The minimum Gasteiger partial charge on any atom is -0.494 e. The highest BCUT2D eigenvalue weighted by atomic mass is 19.1. The predicted octanol–water partition coefficient (Wildman–Crippen LogP) is 2.97. The number of halogens is 1. The summed E-state index contributed by atoms with van der Waals surface area (Å²) in [6, 6.07) is 5.36. The molecule has 1 aliphatic rings. The first-order chi connectivity index (χ1) is 9.56. The molecule has 1 aliphatic carbocycles. The Hall–Kier alpha value is -1.13. The van der Waals surface area contributed by atoms with E-state index in [2.05, 4.69) is 24.3 Å². The van der Waals surface area contributed by atoms with Crippen molar-refractivity contribution in [3.05, 3.63) is 29.6 Å². The molecule has 0 aromatic heterocycles. The van der Waals surface area contributed by atoms with Crippen molar-refractivity contribution in [2.24, 2.45) is 0 Å². The topological polar surface area (TPSA) is 24.5 Å². The molecule has 1 atom stereocenters. The zero-order valence-electron chi connectivity index (χ0n) is 12.9. The summed E-state index contributed by atoms with van der Waals surface area (Å²) >= 11 is 0. The highest BCUT2D eigenvalue weighted by Gasteiger charge is 2.44. The summed E-state index contributed by atoms with van der Waals surface area (Å²) in [6.45, 7) is 0. The number of benzene rings is 1. The van der Waals surface area contributed by atoms with Crippen molar-refractivity contribution in [2.45, 2.75) is 37.3 Å². The molecule has 4 heteroatoms. The maximum absolute atomic E-state index is 14.6. The summed E-state index contributed by atoms with van der Waals surface area (Å²) in [6.07, 6.45) is 4.56. The molecule has 0 saturated heterocycles. The summed E-state index contributed by atoms with van der Waals surface area (Å²) in [5, 5.41) is 3.34. The Morgan fingerprint density at radius 3 is 2.45 bits per heavy atom. The highest BCUT2D eigenvalue weighted by molar-refractivity contribution is 5.35. The Labute approximate surface area is 121 Å². The first kappa shape index (κ1) is 15.3. The summed E-state index contributed by atoms with van der Waals surface area (Å²) in [5.41, 5.74) is 0.671. The van der Waals surface area contributed by atoms with Gasteiger partial charge in [-0.2, -0.15) is 0 Å². The fourth-order valence-electron chi connectivity index (χ4n) is 3.60. The minimum absolute atomic E-state index is 0.0258. The molecular formula is C16H25FN2O. The first-order valence-electron chi connectivity index (χ1n) is 7.24. The van der Waals surface area contributed by atoms with E-state index in [4.69, 9.17) is 4.74 Å². The molecule has 1 aromatic carbocycles. The lowest BCUT2D eigenvalue weighted by Gasteiger charge is -2.43. The molecule has 1 unspecified atom stereocenters. The Bertz CT molecular complexity index is 456. The van der Waals surface area contributed by atoms with Crippen molar-refractivity contribution in [1.29, 1.82) is 0 Å². The molecule has 3 nitrogen and oxygen atoms in total. The Morgan fingerprint density at radius 1 is 1.30 bits per heavy atom. The molecule has 1 N–H and O–H groups in total. The number of hydrogen-bond acceptors (Lipinski definition) is 3. The quantitative estimate of drug-likeness (QED) is 0.897. The molecule has 0 amide bonds. The normalized spacial score (nSPS) is 19.3. The third-order valence-corrected chi connectivity index (χ3v) is 4.71. The number of hydrogen-bond donors (Lipinski definition) is 1. The smallest absolute Gasteiger partial charge is 0.169 e. The number of ether oxygens (including phenoxy) is 1. The molecule has 1 aromatic rings. The van der Waals surface area contributed by atoms with Gasteiger partial charge in [-0.05, 0) is 40.1 Å². The summed E-state index contributed by atoms with van der Waals surface area (Å²) in [5.74, 6) is 0.0668. The van der Waals surface area contributed by atoms with E-state index in [0.29, 0.717) is 11.3 Å². The van der Waals surface area contributed by atoms with Crippen molar-refractivity contribution in [3.63, 3.8) is 0 Å². The van der Waals surface area contributed by atoms with Gasteiger partial charge in [0.2, 0.25) is 0 Å². The van der Waals surface area contributed by atoms with Crippen molar-refractivity contribution < 1.29 is 9.13 Å². The van der Waals surface area contributed by atoms with E-state index in [9.17, 15) is 4.39 Å². The third kappa shape index (κ3) is 2.42. The molecular weight excluding hydrogens is 255 g/mol. The molecule has 112 valence electrons. The number of rotatable bonds is 5. The highest BCUT2D eigenvalue weighted by Crippen LogP contribution is 2.44. The van der Waals surface area contributed by atoms with Crippen LogP contribution in [0.5, 0.6) is 5.75 Å². The van der Waals surface area contributed by atoms with Gasteiger partial charge in [0.1, 0.15) is 0 Å². The van der Waals surface area contributed by atoms with E-state index in [0.717, 1.165) is 12.8 Å². The molecule has 0 heterocycles. The number of methoxy groups -OCH3 is 1. The third-order valence-electron chi connectivity index (χ3n) is 4.71. The van der Waals surface area contributed by atoms with Crippen molar-refractivity contribution in [1.82, 2.24) is 10.2 Å². The van der Waals surface area contributed by atoms with Gasteiger partial charge in [0, 0.05) is 11.1 Å². The lowest BCUT2D eigenvalue weighted by molar-refractivity contribution is 0.106. The molecule has 0 radical (unpaired) electrons. The lowest BCUT2D eigenvalue weighted by Crippen LogP contribution is -2.51. The molecule has 20 heavy (non-hydrogen) atoms. The number of nitrogens with zero attached hydrogens (tertiary/aromatic N) is 1. The fourth-order valence-corrected chi connectivity index (χ4v) is 3.60. The second-order valence-electron chi connectivity index (χ2n) is 5.79. The van der Waals surface area contributed by atoms with Crippen LogP contribution in [0.3, 0.4) is 0 Å². The molecule has 0 spiro atoms. The minimum atomic E-state index is -0.248. The molecule has 0 aliphatic heterocycles. The van der Waals surface area contributed by atoms with E-state index in [-0.39, 0.29) is 17.4 Å². The van der Waals surface area contributed by atoms with E-state index in [1.54, 1.807) is 6.07 Å². The molecule has 0 bridgehead atoms. The second-order valence-corrected chi connectivity index (χ2v) is 5.79. The Balaban J connectivity index is 2.46. The molecule has 2 rings (SSSR count). The van der Waals surface area contributed by atoms with E-state index in [1.807, 2.05) is 19.2 Å². The molecule has 1 fully saturated rings. The Morgan fingerprint density at radius 2 is 1.95 bits per heavy atom. The van der Waals surface area contributed by atoms with Gasteiger partial charge >= 0.3 is 0 Å². The average Bonchev–Trinajstić information content (AvgIpc) is 2.92. The van der Waals surface area contributed by atoms with Crippen molar-refractivity contribution >= 4 is 0 Å². The zero-order valence-corrected chi connectivity index (χ0v) is 12.9. The van der Waals surface area contributed by atoms with Crippen molar-refractivity contribution in [2.75, 3.05) is 28.3 Å². The average molecular weight is 280 g/mol. The number of likely N-dealkylation sites (N-methyl/N-ethyl adjacent to an activating group) is 2. The predicted molar refractivity (Wildman–Crippen MR) is 79.6 cm³/mol. The largest absolute Gasteiger partial charge is 0.494 e. The summed E-state index contributed by atoms with van der Waals surface area (Å²) in [4.78, 5) is 2.25. The molecule has 1 saturated carbocycles. The van der Waals surface area contributed by atoms with Gasteiger partial charge in [-0.15, -0.1) is 0 Å². The van der Waals surface area contributed by atoms with Crippen LogP contribution in [0.1, 0.15) is 37.3 Å². The second kappa shape index (κ2) is 6.10. The van der Waals surface area contributed by atoms with Crippen LogP contribution in [0, 0.1) is 5.82 Å². The van der Waals surface area contributed by atoms with Crippen LogP contribution in [0.15, 0.2) is 18.2 Å². The zero-order chi connectivity index (χ0) is 14.8.